The van der Waals surface area contributed by atoms with Crippen LogP contribution in [0.3, 0.4) is 0 Å². The second-order valence-corrected chi connectivity index (χ2v) is 7.72. The quantitative estimate of drug-likeness (QED) is 0.390. The highest BCUT2D eigenvalue weighted by Crippen LogP contribution is 2.20. The summed E-state index contributed by atoms with van der Waals surface area (Å²) in [6, 6.07) is 15.5. The van der Waals surface area contributed by atoms with Gasteiger partial charge in [-0.05, 0) is 31.9 Å². The minimum absolute atomic E-state index is 0.0549. The highest BCUT2D eigenvalue weighted by Gasteiger charge is 2.06. The van der Waals surface area contributed by atoms with Gasteiger partial charge in [0.25, 0.3) is 5.56 Å². The number of nitrogens with one attached hydrogen (secondary N) is 1. The molecule has 27 heavy (non-hydrogen) atoms. The average molecular weight is 378 g/mol. The predicted molar refractivity (Wildman–Crippen MR) is 110 cm³/mol. The summed E-state index contributed by atoms with van der Waals surface area (Å²) in [7, 11) is 0. The lowest BCUT2D eigenvalue weighted by atomic mass is 10.0. The number of rotatable bonds is 6. The first-order chi connectivity index (χ1) is 12.9. The van der Waals surface area contributed by atoms with Crippen molar-refractivity contribution in [1.29, 1.82) is 0 Å². The second-order valence-electron chi connectivity index (χ2n) is 6.76. The SMILES string of the molecule is CC(=O)c1ccc(CSc2nc(Cc3cc(C)cc(C)c3)cc(=O)[nH]2)cc1. The van der Waals surface area contributed by atoms with E-state index in [2.05, 4.69) is 42.0 Å². The van der Waals surface area contributed by atoms with Gasteiger partial charge in [-0.15, -0.1) is 0 Å². The summed E-state index contributed by atoms with van der Waals surface area (Å²) in [6.07, 6.45) is 0.632. The monoisotopic (exact) mass is 378 g/mol. The van der Waals surface area contributed by atoms with E-state index in [4.69, 9.17) is 0 Å². The lowest BCUT2D eigenvalue weighted by molar-refractivity contribution is 0.101. The molecule has 0 aliphatic carbocycles. The molecule has 0 spiro atoms. The van der Waals surface area contributed by atoms with Crippen LogP contribution in [0.5, 0.6) is 0 Å². The van der Waals surface area contributed by atoms with Crippen LogP contribution in [-0.2, 0) is 12.2 Å². The number of thioether (sulfide) groups is 1. The molecule has 2 aromatic carbocycles. The first-order valence-corrected chi connectivity index (χ1v) is 9.78. The van der Waals surface area contributed by atoms with Gasteiger partial charge in [0, 0.05) is 23.8 Å². The highest BCUT2D eigenvalue weighted by molar-refractivity contribution is 7.98. The molecular formula is C22H22N2O2S. The molecule has 4 nitrogen and oxygen atoms in total. The van der Waals surface area contributed by atoms with Gasteiger partial charge in [-0.1, -0.05) is 65.4 Å². The van der Waals surface area contributed by atoms with Crippen LogP contribution in [0.15, 0.2) is 58.5 Å². The van der Waals surface area contributed by atoms with Gasteiger partial charge in [0.2, 0.25) is 0 Å². The van der Waals surface area contributed by atoms with E-state index in [1.807, 2.05) is 24.3 Å². The molecule has 0 saturated heterocycles. The summed E-state index contributed by atoms with van der Waals surface area (Å²) in [5, 5.41) is 0.609. The van der Waals surface area contributed by atoms with Crippen LogP contribution in [0.4, 0.5) is 0 Å². The molecule has 1 aromatic heterocycles. The molecule has 5 heteroatoms. The van der Waals surface area contributed by atoms with Crippen molar-refractivity contribution in [3.63, 3.8) is 0 Å². The van der Waals surface area contributed by atoms with E-state index in [0.717, 1.165) is 16.8 Å². The van der Waals surface area contributed by atoms with Gasteiger partial charge < -0.3 is 4.98 Å². The summed E-state index contributed by atoms with van der Waals surface area (Å²) < 4.78 is 0. The molecule has 1 heterocycles. The van der Waals surface area contributed by atoms with E-state index in [0.29, 0.717) is 22.9 Å². The van der Waals surface area contributed by atoms with Crippen molar-refractivity contribution in [2.45, 2.75) is 38.1 Å². The first-order valence-electron chi connectivity index (χ1n) is 8.79. The van der Waals surface area contributed by atoms with Crippen molar-refractivity contribution in [3.8, 4) is 0 Å². The molecule has 1 N–H and O–H groups in total. The lowest BCUT2D eigenvalue weighted by Crippen LogP contribution is -2.10. The van der Waals surface area contributed by atoms with Gasteiger partial charge in [0.05, 0.1) is 5.69 Å². The highest BCUT2D eigenvalue weighted by atomic mass is 32.2. The molecule has 3 aromatic rings. The molecule has 0 amide bonds. The van der Waals surface area contributed by atoms with Gasteiger partial charge in [-0.3, -0.25) is 9.59 Å². The molecule has 0 aliphatic heterocycles. The topological polar surface area (TPSA) is 62.8 Å². The standard InChI is InChI=1S/C22H22N2O2S/c1-14-8-15(2)10-18(9-14)11-20-12-21(26)24-22(23-20)27-13-17-4-6-19(7-5-17)16(3)25/h4-10,12H,11,13H2,1-3H3,(H,23,24,26). The molecule has 0 bridgehead atoms. The third kappa shape index (κ3) is 5.41. The van der Waals surface area contributed by atoms with Crippen LogP contribution in [0.25, 0.3) is 0 Å². The number of H-pyrrole nitrogens is 1. The number of carbonyl (C=O) groups excluding carboxylic acids is 1. The summed E-state index contributed by atoms with van der Waals surface area (Å²) in [5.41, 5.74) is 5.97. The third-order valence-corrected chi connectivity index (χ3v) is 5.12. The Morgan fingerprint density at radius 3 is 2.30 bits per heavy atom. The van der Waals surface area contributed by atoms with Crippen LogP contribution in [0, 0.1) is 13.8 Å². The molecule has 3 rings (SSSR count). The van der Waals surface area contributed by atoms with Gasteiger partial charge in [0.1, 0.15) is 0 Å². The molecule has 0 fully saturated rings. The van der Waals surface area contributed by atoms with E-state index in [1.165, 1.54) is 22.9 Å². The number of benzene rings is 2. The van der Waals surface area contributed by atoms with E-state index in [-0.39, 0.29) is 11.3 Å². The Morgan fingerprint density at radius 2 is 1.67 bits per heavy atom. The fourth-order valence-electron chi connectivity index (χ4n) is 3.01. The van der Waals surface area contributed by atoms with Crippen molar-refractivity contribution >= 4 is 17.5 Å². The van der Waals surface area contributed by atoms with Crippen molar-refractivity contribution in [1.82, 2.24) is 9.97 Å². The van der Waals surface area contributed by atoms with E-state index < -0.39 is 0 Å². The number of ketones is 1. The summed E-state index contributed by atoms with van der Waals surface area (Å²) in [4.78, 5) is 30.8. The van der Waals surface area contributed by atoms with Crippen LogP contribution < -0.4 is 5.56 Å². The smallest absolute Gasteiger partial charge is 0.251 e. The number of aromatic amines is 1. The van der Waals surface area contributed by atoms with Crippen LogP contribution in [0.2, 0.25) is 0 Å². The minimum atomic E-state index is -0.140. The molecule has 0 aliphatic rings. The van der Waals surface area contributed by atoms with E-state index >= 15 is 0 Å². The number of Topliss-reactive ketones (excluding diaryl/α,β-unsaturated/α-hetero) is 1. The van der Waals surface area contributed by atoms with Crippen LogP contribution >= 0.6 is 11.8 Å². The van der Waals surface area contributed by atoms with Gasteiger partial charge in [-0.25, -0.2) is 4.98 Å². The maximum atomic E-state index is 12.0. The predicted octanol–water partition coefficient (Wildman–Crippen LogP) is 4.47. The number of hydrogen-bond donors (Lipinski definition) is 1. The number of hydrogen-bond acceptors (Lipinski definition) is 4. The fourth-order valence-corrected chi connectivity index (χ4v) is 3.86. The first kappa shape index (κ1) is 19.1. The Balaban J connectivity index is 1.73. The van der Waals surface area contributed by atoms with Gasteiger partial charge >= 0.3 is 0 Å². The van der Waals surface area contributed by atoms with E-state index in [9.17, 15) is 9.59 Å². The zero-order valence-electron chi connectivity index (χ0n) is 15.7. The summed E-state index contributed by atoms with van der Waals surface area (Å²) in [6.45, 7) is 5.69. The second kappa shape index (κ2) is 8.35. The number of aryl methyl sites for hydroxylation is 2. The van der Waals surface area contributed by atoms with Gasteiger partial charge in [0.15, 0.2) is 10.9 Å². The van der Waals surface area contributed by atoms with E-state index in [1.54, 1.807) is 13.0 Å². The van der Waals surface area contributed by atoms with Crippen molar-refractivity contribution in [2.24, 2.45) is 0 Å². The summed E-state index contributed by atoms with van der Waals surface area (Å²) >= 11 is 1.48. The zero-order chi connectivity index (χ0) is 19.4. The summed E-state index contributed by atoms with van der Waals surface area (Å²) in [5.74, 6) is 0.730. The largest absolute Gasteiger partial charge is 0.301 e. The Hall–Kier alpha value is -2.66. The molecule has 0 atom stereocenters. The maximum Gasteiger partial charge on any atom is 0.251 e. The Bertz CT molecular complexity index is 1000. The third-order valence-electron chi connectivity index (χ3n) is 4.18. The minimum Gasteiger partial charge on any atom is -0.301 e. The van der Waals surface area contributed by atoms with Crippen molar-refractivity contribution < 1.29 is 4.79 Å². The molecular weight excluding hydrogens is 356 g/mol. The zero-order valence-corrected chi connectivity index (χ0v) is 16.5. The van der Waals surface area contributed by atoms with Gasteiger partial charge in [-0.2, -0.15) is 0 Å². The van der Waals surface area contributed by atoms with Crippen molar-refractivity contribution in [2.75, 3.05) is 0 Å². The average Bonchev–Trinajstić information content (AvgIpc) is 2.59. The molecule has 0 saturated carbocycles. The molecule has 0 radical (unpaired) electrons. The normalized spacial score (nSPS) is 10.8. The molecule has 0 unspecified atom stereocenters. The number of nitrogens with zero attached hydrogens (tertiary/aromatic N) is 1. The Labute approximate surface area is 163 Å². The van der Waals surface area contributed by atoms with Crippen LogP contribution in [0.1, 0.15) is 45.2 Å². The number of aromatic nitrogens is 2. The Kier molecular flexibility index (Phi) is 5.91. The number of carbonyl (C=O) groups is 1. The maximum absolute atomic E-state index is 12.0. The van der Waals surface area contributed by atoms with Crippen molar-refractivity contribution in [3.05, 3.63) is 92.4 Å². The fraction of sp³-hybridized carbons (Fsp3) is 0.227. The Morgan fingerprint density at radius 1 is 1.00 bits per heavy atom. The molecule has 138 valence electrons. The lowest BCUT2D eigenvalue weighted by Gasteiger charge is -2.07. The van der Waals surface area contributed by atoms with Crippen LogP contribution in [-0.4, -0.2) is 15.8 Å².